The highest BCUT2D eigenvalue weighted by Crippen LogP contribution is 2.08. The van der Waals surface area contributed by atoms with Crippen LogP contribution in [-0.4, -0.2) is 24.4 Å². The zero-order valence-corrected chi connectivity index (χ0v) is 13.9. The van der Waals surface area contributed by atoms with Crippen LogP contribution in [0.25, 0.3) is 0 Å². The SMILES string of the molecule is CCc1ccc(CN(C)C(=O)CNc2ccccc2)cc1.Cl. The van der Waals surface area contributed by atoms with Crippen molar-refractivity contribution in [2.45, 2.75) is 19.9 Å². The fourth-order valence-electron chi connectivity index (χ4n) is 2.11. The van der Waals surface area contributed by atoms with Gasteiger partial charge in [-0.15, -0.1) is 12.4 Å². The van der Waals surface area contributed by atoms with Crippen LogP contribution in [0.15, 0.2) is 54.6 Å². The number of benzene rings is 2. The van der Waals surface area contributed by atoms with Crippen LogP contribution >= 0.6 is 12.4 Å². The van der Waals surface area contributed by atoms with Gasteiger partial charge in [-0.2, -0.15) is 0 Å². The quantitative estimate of drug-likeness (QED) is 0.880. The lowest BCUT2D eigenvalue weighted by atomic mass is 10.1. The molecule has 0 fully saturated rings. The van der Waals surface area contributed by atoms with Crippen LogP contribution in [0, 0.1) is 0 Å². The number of rotatable bonds is 6. The van der Waals surface area contributed by atoms with Crippen molar-refractivity contribution in [2.75, 3.05) is 18.9 Å². The Kier molecular flexibility index (Phi) is 7.47. The van der Waals surface area contributed by atoms with E-state index in [4.69, 9.17) is 0 Å². The van der Waals surface area contributed by atoms with Crippen molar-refractivity contribution in [3.05, 3.63) is 65.7 Å². The number of hydrogen-bond acceptors (Lipinski definition) is 2. The molecule has 0 heterocycles. The van der Waals surface area contributed by atoms with Gasteiger partial charge in [0.15, 0.2) is 0 Å². The van der Waals surface area contributed by atoms with E-state index in [0.717, 1.165) is 17.7 Å². The van der Waals surface area contributed by atoms with E-state index in [9.17, 15) is 4.79 Å². The standard InChI is InChI=1S/C18H22N2O.ClH/c1-3-15-9-11-16(12-10-15)14-20(2)18(21)13-19-17-7-5-4-6-8-17;/h4-12,19H,3,13-14H2,1-2H3;1H. The second-order valence-corrected chi connectivity index (χ2v) is 5.14. The Morgan fingerprint density at radius 2 is 1.59 bits per heavy atom. The van der Waals surface area contributed by atoms with Crippen LogP contribution in [0.5, 0.6) is 0 Å². The minimum atomic E-state index is 0. The smallest absolute Gasteiger partial charge is 0.241 e. The summed E-state index contributed by atoms with van der Waals surface area (Å²) in [6.45, 7) is 3.09. The molecule has 0 atom stereocenters. The Morgan fingerprint density at radius 1 is 1.00 bits per heavy atom. The van der Waals surface area contributed by atoms with Crippen molar-refractivity contribution < 1.29 is 4.79 Å². The van der Waals surface area contributed by atoms with E-state index >= 15 is 0 Å². The maximum atomic E-state index is 12.1. The highest BCUT2D eigenvalue weighted by molar-refractivity contribution is 5.85. The molecule has 0 saturated heterocycles. The number of likely N-dealkylation sites (N-methyl/N-ethyl adjacent to an activating group) is 1. The molecule has 1 amide bonds. The predicted octanol–water partition coefficient (Wildman–Crippen LogP) is 3.74. The Bertz CT molecular complexity index is 569. The molecular weight excluding hydrogens is 296 g/mol. The third-order valence-electron chi connectivity index (χ3n) is 3.49. The monoisotopic (exact) mass is 318 g/mol. The molecule has 2 aromatic carbocycles. The highest BCUT2D eigenvalue weighted by atomic mass is 35.5. The molecule has 1 N–H and O–H groups in total. The van der Waals surface area contributed by atoms with Gasteiger partial charge in [-0.3, -0.25) is 4.79 Å². The molecule has 2 aromatic rings. The Labute approximate surface area is 138 Å². The van der Waals surface area contributed by atoms with Gasteiger partial charge in [0.25, 0.3) is 0 Å². The number of nitrogens with zero attached hydrogens (tertiary/aromatic N) is 1. The number of para-hydroxylation sites is 1. The molecular formula is C18H23ClN2O. The van der Waals surface area contributed by atoms with Crippen molar-refractivity contribution in [1.29, 1.82) is 0 Å². The molecule has 0 unspecified atom stereocenters. The van der Waals surface area contributed by atoms with Gasteiger partial charge in [-0.05, 0) is 29.7 Å². The second-order valence-electron chi connectivity index (χ2n) is 5.14. The maximum Gasteiger partial charge on any atom is 0.241 e. The number of carbonyl (C=O) groups is 1. The molecule has 0 aliphatic rings. The van der Waals surface area contributed by atoms with E-state index in [1.54, 1.807) is 4.90 Å². The van der Waals surface area contributed by atoms with E-state index in [2.05, 4.69) is 36.5 Å². The second kappa shape index (κ2) is 9.11. The van der Waals surface area contributed by atoms with E-state index < -0.39 is 0 Å². The van der Waals surface area contributed by atoms with Gasteiger partial charge in [0.05, 0.1) is 6.54 Å². The number of amides is 1. The van der Waals surface area contributed by atoms with Crippen molar-refractivity contribution in [1.82, 2.24) is 4.90 Å². The van der Waals surface area contributed by atoms with Gasteiger partial charge >= 0.3 is 0 Å². The summed E-state index contributed by atoms with van der Waals surface area (Å²) in [4.78, 5) is 13.9. The summed E-state index contributed by atoms with van der Waals surface area (Å²) in [5.74, 6) is 0.0819. The molecule has 0 aliphatic heterocycles. The van der Waals surface area contributed by atoms with E-state index in [1.165, 1.54) is 5.56 Å². The lowest BCUT2D eigenvalue weighted by Gasteiger charge is -2.18. The Balaban J connectivity index is 0.00000242. The molecule has 0 saturated carbocycles. The van der Waals surface area contributed by atoms with Crippen LogP contribution in [0.1, 0.15) is 18.1 Å². The zero-order valence-electron chi connectivity index (χ0n) is 13.1. The minimum Gasteiger partial charge on any atom is -0.376 e. The van der Waals surface area contributed by atoms with Gasteiger partial charge in [0, 0.05) is 19.3 Å². The maximum absolute atomic E-state index is 12.1. The van der Waals surface area contributed by atoms with Crippen molar-refractivity contribution in [3.63, 3.8) is 0 Å². The summed E-state index contributed by atoms with van der Waals surface area (Å²) in [5.41, 5.74) is 3.44. The number of carbonyl (C=O) groups excluding carboxylic acids is 1. The third-order valence-corrected chi connectivity index (χ3v) is 3.49. The molecule has 3 nitrogen and oxygen atoms in total. The molecule has 0 radical (unpaired) electrons. The topological polar surface area (TPSA) is 32.3 Å². The third kappa shape index (κ3) is 5.41. The van der Waals surface area contributed by atoms with Gasteiger partial charge in [-0.25, -0.2) is 0 Å². The van der Waals surface area contributed by atoms with Crippen LogP contribution in [0.3, 0.4) is 0 Å². The average Bonchev–Trinajstić information content (AvgIpc) is 2.54. The number of aryl methyl sites for hydroxylation is 1. The van der Waals surface area contributed by atoms with Gasteiger partial charge in [-0.1, -0.05) is 49.4 Å². The number of anilines is 1. The van der Waals surface area contributed by atoms with E-state index in [-0.39, 0.29) is 18.3 Å². The Hall–Kier alpha value is -2.00. The molecule has 0 spiro atoms. The van der Waals surface area contributed by atoms with Crippen LogP contribution in [-0.2, 0) is 17.8 Å². The first kappa shape index (κ1) is 18.1. The molecule has 0 bridgehead atoms. The first-order valence-electron chi connectivity index (χ1n) is 7.29. The average molecular weight is 319 g/mol. The lowest BCUT2D eigenvalue weighted by Crippen LogP contribution is -2.31. The first-order valence-corrected chi connectivity index (χ1v) is 7.29. The number of hydrogen-bond donors (Lipinski definition) is 1. The van der Waals surface area contributed by atoms with Crippen molar-refractivity contribution in [2.24, 2.45) is 0 Å². The summed E-state index contributed by atoms with van der Waals surface area (Å²) in [6, 6.07) is 18.2. The summed E-state index contributed by atoms with van der Waals surface area (Å²) < 4.78 is 0. The zero-order chi connectivity index (χ0) is 15.1. The van der Waals surface area contributed by atoms with E-state index in [0.29, 0.717) is 13.1 Å². The molecule has 22 heavy (non-hydrogen) atoms. The number of nitrogens with one attached hydrogen (secondary N) is 1. The van der Waals surface area contributed by atoms with Gasteiger partial charge in [0.2, 0.25) is 5.91 Å². The molecule has 118 valence electrons. The van der Waals surface area contributed by atoms with Crippen LogP contribution in [0.4, 0.5) is 5.69 Å². The molecule has 0 aromatic heterocycles. The summed E-state index contributed by atoms with van der Waals surface area (Å²) >= 11 is 0. The minimum absolute atomic E-state index is 0. The summed E-state index contributed by atoms with van der Waals surface area (Å²) in [7, 11) is 1.84. The lowest BCUT2D eigenvalue weighted by molar-refractivity contribution is -0.128. The molecule has 2 rings (SSSR count). The van der Waals surface area contributed by atoms with Gasteiger partial charge < -0.3 is 10.2 Å². The Morgan fingerprint density at radius 3 is 2.18 bits per heavy atom. The summed E-state index contributed by atoms with van der Waals surface area (Å²) in [5, 5.41) is 3.14. The fraction of sp³-hybridized carbons (Fsp3) is 0.278. The molecule has 0 aliphatic carbocycles. The predicted molar refractivity (Wildman–Crippen MR) is 94.5 cm³/mol. The fourth-order valence-corrected chi connectivity index (χ4v) is 2.11. The van der Waals surface area contributed by atoms with Crippen LogP contribution < -0.4 is 5.32 Å². The molecule has 4 heteroatoms. The van der Waals surface area contributed by atoms with E-state index in [1.807, 2.05) is 37.4 Å². The van der Waals surface area contributed by atoms with Gasteiger partial charge in [0.1, 0.15) is 0 Å². The van der Waals surface area contributed by atoms with Crippen LogP contribution in [0.2, 0.25) is 0 Å². The number of halogens is 1. The normalized spacial score (nSPS) is 9.73. The van der Waals surface area contributed by atoms with Crippen molar-refractivity contribution in [3.8, 4) is 0 Å². The first-order chi connectivity index (χ1) is 10.2. The highest BCUT2D eigenvalue weighted by Gasteiger charge is 2.08. The van der Waals surface area contributed by atoms with Crippen molar-refractivity contribution >= 4 is 24.0 Å². The summed E-state index contributed by atoms with van der Waals surface area (Å²) in [6.07, 6.45) is 1.04. The largest absolute Gasteiger partial charge is 0.376 e.